The maximum atomic E-state index is 12.4. The van der Waals surface area contributed by atoms with Crippen LogP contribution in [0.5, 0.6) is 5.75 Å². The first-order chi connectivity index (χ1) is 17.1. The van der Waals surface area contributed by atoms with Crippen LogP contribution in [0.2, 0.25) is 0 Å². The Morgan fingerprint density at radius 2 is 1.71 bits per heavy atom. The number of nitro benzene ring substituents is 1. The summed E-state index contributed by atoms with van der Waals surface area (Å²) in [5.74, 6) is 0.0503. The van der Waals surface area contributed by atoms with Gasteiger partial charge in [0.2, 0.25) is 5.91 Å². The van der Waals surface area contributed by atoms with Gasteiger partial charge in [-0.15, -0.1) is 0 Å². The van der Waals surface area contributed by atoms with Crippen LogP contribution < -0.4 is 10.2 Å². The fourth-order valence-electron chi connectivity index (χ4n) is 3.67. The van der Waals surface area contributed by atoms with Gasteiger partial charge in [0.05, 0.1) is 29.2 Å². The van der Waals surface area contributed by atoms with Gasteiger partial charge in [0.25, 0.3) is 5.69 Å². The van der Waals surface area contributed by atoms with Crippen molar-refractivity contribution in [3.63, 3.8) is 0 Å². The van der Waals surface area contributed by atoms with Gasteiger partial charge in [-0.3, -0.25) is 14.9 Å². The van der Waals surface area contributed by atoms with Crippen molar-refractivity contribution in [1.29, 1.82) is 5.26 Å². The van der Waals surface area contributed by atoms with Crippen LogP contribution in [0.1, 0.15) is 22.3 Å². The molecular formula is C27H20N4O4. The van der Waals surface area contributed by atoms with E-state index >= 15 is 0 Å². The Morgan fingerprint density at radius 3 is 2.51 bits per heavy atom. The number of nitro groups is 1. The smallest absolute Gasteiger partial charge is 0.273 e. The van der Waals surface area contributed by atoms with Crippen LogP contribution in [-0.2, 0) is 17.8 Å². The van der Waals surface area contributed by atoms with E-state index in [0.717, 1.165) is 16.3 Å². The summed E-state index contributed by atoms with van der Waals surface area (Å²) in [6.45, 7) is 0.187. The fourth-order valence-corrected chi connectivity index (χ4v) is 3.67. The molecule has 4 rings (SSSR count). The number of carbonyl (C=O) groups is 1. The van der Waals surface area contributed by atoms with E-state index in [9.17, 15) is 20.2 Å². The lowest BCUT2D eigenvalue weighted by molar-refractivity contribution is -0.385. The number of hydrogen-bond donors (Lipinski definition) is 1. The molecule has 35 heavy (non-hydrogen) atoms. The Morgan fingerprint density at radius 1 is 1.00 bits per heavy atom. The van der Waals surface area contributed by atoms with Crippen LogP contribution in [0.15, 0.2) is 90.0 Å². The molecular weight excluding hydrogens is 444 g/mol. The first kappa shape index (κ1) is 23.1. The van der Waals surface area contributed by atoms with Crippen molar-refractivity contribution in [2.45, 2.75) is 13.0 Å². The molecule has 0 unspecified atom stereocenters. The van der Waals surface area contributed by atoms with Crippen molar-refractivity contribution in [3.8, 4) is 11.8 Å². The zero-order valence-electron chi connectivity index (χ0n) is 18.5. The first-order valence-corrected chi connectivity index (χ1v) is 10.7. The van der Waals surface area contributed by atoms with Crippen LogP contribution in [0.25, 0.3) is 10.8 Å². The van der Waals surface area contributed by atoms with E-state index in [4.69, 9.17) is 4.74 Å². The van der Waals surface area contributed by atoms with Gasteiger partial charge in [-0.25, -0.2) is 5.43 Å². The Hall–Kier alpha value is -5.03. The number of nitrogens with zero attached hydrogens (tertiary/aromatic N) is 3. The first-order valence-electron chi connectivity index (χ1n) is 10.7. The van der Waals surface area contributed by atoms with Crippen LogP contribution >= 0.6 is 0 Å². The minimum Gasteiger partial charge on any atom is -0.488 e. The van der Waals surface area contributed by atoms with Crippen molar-refractivity contribution in [3.05, 3.63) is 117 Å². The number of nitriles is 1. The number of benzene rings is 4. The molecule has 8 nitrogen and oxygen atoms in total. The Bertz CT molecular complexity index is 1470. The molecule has 172 valence electrons. The summed E-state index contributed by atoms with van der Waals surface area (Å²) in [6, 6.07) is 26.9. The van der Waals surface area contributed by atoms with Gasteiger partial charge < -0.3 is 4.74 Å². The predicted octanol–water partition coefficient (Wildman–Crippen LogP) is 4.89. The summed E-state index contributed by atoms with van der Waals surface area (Å²) in [6.07, 6.45) is 1.31. The Kier molecular flexibility index (Phi) is 7.09. The van der Waals surface area contributed by atoms with Crippen LogP contribution in [-0.4, -0.2) is 17.0 Å². The SMILES string of the molecule is N#Cc1ccccc1COc1ccc2ccccc2c1C=NNC(=O)Cc1ccccc1[N+](=O)[O-]. The van der Waals surface area contributed by atoms with Crippen molar-refractivity contribution < 1.29 is 14.5 Å². The molecule has 0 aliphatic heterocycles. The molecule has 0 fully saturated rings. The van der Waals surface area contributed by atoms with Gasteiger partial charge in [0, 0.05) is 22.8 Å². The Balaban J connectivity index is 1.55. The molecule has 0 aliphatic carbocycles. The third-order valence-electron chi connectivity index (χ3n) is 5.37. The summed E-state index contributed by atoms with van der Waals surface area (Å²) in [5, 5.41) is 26.4. The van der Waals surface area contributed by atoms with Crippen molar-refractivity contribution in [2.75, 3.05) is 0 Å². The highest BCUT2D eigenvalue weighted by atomic mass is 16.6. The van der Waals surface area contributed by atoms with E-state index in [1.165, 1.54) is 18.3 Å². The number of hydrazone groups is 1. The minimum absolute atomic E-state index is 0.117. The molecule has 0 spiro atoms. The number of ether oxygens (including phenoxy) is 1. The minimum atomic E-state index is -0.518. The molecule has 8 heteroatoms. The molecule has 0 aromatic heterocycles. The van der Waals surface area contributed by atoms with E-state index in [1.54, 1.807) is 24.3 Å². The maximum absolute atomic E-state index is 12.4. The number of hydrogen-bond acceptors (Lipinski definition) is 6. The highest BCUT2D eigenvalue weighted by molar-refractivity contribution is 6.02. The third kappa shape index (κ3) is 5.49. The van der Waals surface area contributed by atoms with Crippen molar-refractivity contribution in [1.82, 2.24) is 5.43 Å². The zero-order valence-corrected chi connectivity index (χ0v) is 18.5. The second kappa shape index (κ2) is 10.7. The highest BCUT2D eigenvalue weighted by Crippen LogP contribution is 2.28. The number of carbonyl (C=O) groups excluding carboxylic acids is 1. The lowest BCUT2D eigenvalue weighted by Crippen LogP contribution is -2.20. The number of amides is 1. The quantitative estimate of drug-likeness (QED) is 0.226. The average molecular weight is 464 g/mol. The third-order valence-corrected chi connectivity index (χ3v) is 5.37. The predicted molar refractivity (Wildman–Crippen MR) is 132 cm³/mol. The molecule has 1 N–H and O–H groups in total. The number of rotatable bonds is 8. The summed E-state index contributed by atoms with van der Waals surface area (Å²) in [4.78, 5) is 23.1. The largest absolute Gasteiger partial charge is 0.488 e. The lowest BCUT2D eigenvalue weighted by atomic mass is 10.0. The summed E-state index contributed by atoms with van der Waals surface area (Å²) >= 11 is 0. The summed E-state index contributed by atoms with van der Waals surface area (Å²) in [5.41, 5.74) is 4.57. The molecule has 0 saturated heterocycles. The van der Waals surface area contributed by atoms with Gasteiger partial charge in [-0.05, 0) is 22.9 Å². The van der Waals surface area contributed by atoms with Gasteiger partial charge >= 0.3 is 0 Å². The standard InChI is InChI=1S/C27H20N4O4/c28-16-21-9-1-2-10-22(21)18-35-26-14-13-19-7-3-5-11-23(19)24(26)17-29-30-27(32)15-20-8-4-6-12-25(20)31(33)34/h1-14,17H,15,18H2,(H,30,32). The zero-order chi connectivity index (χ0) is 24.6. The monoisotopic (exact) mass is 464 g/mol. The summed E-state index contributed by atoms with van der Waals surface area (Å²) in [7, 11) is 0. The topological polar surface area (TPSA) is 118 Å². The van der Waals surface area contributed by atoms with E-state index in [1.807, 2.05) is 48.5 Å². The average Bonchev–Trinajstić information content (AvgIpc) is 2.88. The molecule has 1 amide bonds. The maximum Gasteiger partial charge on any atom is 0.273 e. The molecule has 0 bridgehead atoms. The van der Waals surface area contributed by atoms with Gasteiger partial charge in [0.15, 0.2) is 0 Å². The second-order valence-corrected chi connectivity index (χ2v) is 7.61. The van der Waals surface area contributed by atoms with Crippen molar-refractivity contribution >= 4 is 28.6 Å². The highest BCUT2D eigenvalue weighted by Gasteiger charge is 2.15. The van der Waals surface area contributed by atoms with E-state index in [-0.39, 0.29) is 18.7 Å². The van der Waals surface area contributed by atoms with Gasteiger partial charge in [-0.1, -0.05) is 66.7 Å². The molecule has 0 saturated carbocycles. The number of fused-ring (bicyclic) bond motifs is 1. The Labute approximate surface area is 201 Å². The van der Waals surface area contributed by atoms with Crippen molar-refractivity contribution in [2.24, 2.45) is 5.10 Å². The number of nitrogens with one attached hydrogen (secondary N) is 1. The van der Waals surface area contributed by atoms with Gasteiger partial charge in [0.1, 0.15) is 12.4 Å². The van der Waals surface area contributed by atoms with Crippen LogP contribution in [0.4, 0.5) is 5.69 Å². The van der Waals surface area contributed by atoms with E-state index in [2.05, 4.69) is 16.6 Å². The number of para-hydroxylation sites is 1. The summed E-state index contributed by atoms with van der Waals surface area (Å²) < 4.78 is 6.04. The molecule has 4 aromatic carbocycles. The molecule has 0 heterocycles. The second-order valence-electron chi connectivity index (χ2n) is 7.61. The molecule has 0 radical (unpaired) electrons. The normalized spacial score (nSPS) is 10.7. The fraction of sp³-hybridized carbons (Fsp3) is 0.0741. The molecule has 0 aliphatic rings. The van der Waals surface area contributed by atoms with E-state index in [0.29, 0.717) is 22.4 Å². The van der Waals surface area contributed by atoms with Gasteiger partial charge in [-0.2, -0.15) is 10.4 Å². The lowest BCUT2D eigenvalue weighted by Gasteiger charge is -2.12. The molecule has 0 atom stereocenters. The van der Waals surface area contributed by atoms with E-state index < -0.39 is 10.8 Å². The van der Waals surface area contributed by atoms with Crippen LogP contribution in [0.3, 0.4) is 0 Å². The molecule has 4 aromatic rings. The van der Waals surface area contributed by atoms with Crippen LogP contribution in [0, 0.1) is 21.4 Å².